The van der Waals surface area contributed by atoms with Crippen LogP contribution < -0.4 is 4.74 Å². The number of aliphatic hydroxyl groups excluding tert-OH is 1. The molecule has 0 aromatic heterocycles. The maximum atomic E-state index is 12.8. The molecule has 6 heteroatoms. The topological polar surface area (TPSA) is 62.2 Å². The summed E-state index contributed by atoms with van der Waals surface area (Å²) in [4.78, 5) is 16.8. The van der Waals surface area contributed by atoms with Crippen LogP contribution in [0.25, 0.3) is 0 Å². The minimum absolute atomic E-state index is 0.00469. The maximum Gasteiger partial charge on any atom is 0.257 e. The van der Waals surface area contributed by atoms with E-state index >= 15 is 0 Å². The molecule has 6 nitrogen and oxygen atoms in total. The summed E-state index contributed by atoms with van der Waals surface area (Å²) in [5.41, 5.74) is 1.65. The van der Waals surface area contributed by atoms with Gasteiger partial charge in [0.2, 0.25) is 0 Å². The number of β-amino-alcohol motifs (C(OH)–C–C–N with tert-alkyl or cyclic N) is 1. The minimum Gasteiger partial charge on any atom is -0.496 e. The predicted octanol–water partition coefficient (Wildman–Crippen LogP) is 1.16. The fourth-order valence-corrected chi connectivity index (χ4v) is 2.90. The molecule has 0 aliphatic carbocycles. The molecule has 1 heterocycles. The molecule has 1 aliphatic heterocycles. The van der Waals surface area contributed by atoms with Crippen LogP contribution in [-0.4, -0.2) is 80.0 Å². The second kappa shape index (κ2) is 9.01. The van der Waals surface area contributed by atoms with E-state index in [0.717, 1.165) is 18.7 Å². The number of piperazine rings is 1. The number of methoxy groups -OCH3 is 1. The fourth-order valence-electron chi connectivity index (χ4n) is 2.90. The smallest absolute Gasteiger partial charge is 0.257 e. The lowest BCUT2D eigenvalue weighted by molar-refractivity contribution is 0.0111. The molecule has 134 valence electrons. The molecular formula is C18H28N2O4. The van der Waals surface area contributed by atoms with Gasteiger partial charge in [0.25, 0.3) is 5.91 Å². The number of carbonyl (C=O) groups is 1. The quantitative estimate of drug-likeness (QED) is 0.810. The zero-order valence-corrected chi connectivity index (χ0v) is 14.8. The van der Waals surface area contributed by atoms with Crippen molar-refractivity contribution in [2.45, 2.75) is 20.0 Å². The first-order chi connectivity index (χ1) is 11.5. The summed E-state index contributed by atoms with van der Waals surface area (Å²) in [6, 6.07) is 5.65. The van der Waals surface area contributed by atoms with Crippen LogP contribution in [0, 0.1) is 6.92 Å². The Morgan fingerprint density at radius 1 is 1.29 bits per heavy atom. The highest BCUT2D eigenvalue weighted by molar-refractivity contribution is 5.97. The molecular weight excluding hydrogens is 308 g/mol. The van der Waals surface area contributed by atoms with Crippen LogP contribution in [-0.2, 0) is 4.74 Å². The standard InChI is InChI=1S/C18H28N2O4/c1-4-24-13-15(21)12-19-7-9-20(10-8-19)18(22)16-11-14(2)5-6-17(16)23-3/h5-6,11,15,21H,4,7-10,12-13H2,1-3H3/t15-/m1/s1. The highest BCUT2D eigenvalue weighted by Gasteiger charge is 2.25. The molecule has 1 aliphatic rings. The number of nitrogens with zero attached hydrogens (tertiary/aromatic N) is 2. The molecule has 1 amide bonds. The number of benzene rings is 1. The number of ether oxygens (including phenoxy) is 2. The van der Waals surface area contributed by atoms with Gasteiger partial charge in [-0.2, -0.15) is 0 Å². The SMILES string of the molecule is CCOC[C@H](O)CN1CCN(C(=O)c2cc(C)ccc2OC)CC1. The van der Waals surface area contributed by atoms with Crippen molar-refractivity contribution in [3.63, 3.8) is 0 Å². The van der Waals surface area contributed by atoms with E-state index in [2.05, 4.69) is 4.90 Å². The van der Waals surface area contributed by atoms with Crippen LogP contribution in [0.4, 0.5) is 0 Å². The second-order valence-corrected chi connectivity index (χ2v) is 6.11. The lowest BCUT2D eigenvalue weighted by atomic mass is 10.1. The molecule has 0 unspecified atom stereocenters. The van der Waals surface area contributed by atoms with Crippen LogP contribution in [0.5, 0.6) is 5.75 Å². The van der Waals surface area contributed by atoms with E-state index < -0.39 is 6.10 Å². The van der Waals surface area contributed by atoms with Crippen molar-refractivity contribution in [2.75, 3.05) is 53.0 Å². The number of amides is 1. The normalized spacial score (nSPS) is 16.9. The van der Waals surface area contributed by atoms with Crippen molar-refractivity contribution in [1.29, 1.82) is 0 Å². The van der Waals surface area contributed by atoms with E-state index in [1.54, 1.807) is 7.11 Å². The van der Waals surface area contributed by atoms with E-state index in [9.17, 15) is 9.90 Å². The van der Waals surface area contributed by atoms with E-state index in [4.69, 9.17) is 9.47 Å². The van der Waals surface area contributed by atoms with E-state index in [-0.39, 0.29) is 5.91 Å². The van der Waals surface area contributed by atoms with Crippen molar-refractivity contribution in [2.24, 2.45) is 0 Å². The van der Waals surface area contributed by atoms with Gasteiger partial charge in [0.05, 0.1) is 25.4 Å². The van der Waals surface area contributed by atoms with Gasteiger partial charge in [-0.3, -0.25) is 9.69 Å². The molecule has 0 spiro atoms. The lowest BCUT2D eigenvalue weighted by Gasteiger charge is -2.35. The third-order valence-electron chi connectivity index (χ3n) is 4.23. The Labute approximate surface area is 144 Å². The zero-order valence-electron chi connectivity index (χ0n) is 14.8. The predicted molar refractivity (Wildman–Crippen MR) is 92.6 cm³/mol. The van der Waals surface area contributed by atoms with Crippen molar-refractivity contribution < 1.29 is 19.4 Å². The molecule has 0 saturated carbocycles. The monoisotopic (exact) mass is 336 g/mol. The van der Waals surface area contributed by atoms with Gasteiger partial charge >= 0.3 is 0 Å². The van der Waals surface area contributed by atoms with Crippen molar-refractivity contribution in [3.8, 4) is 5.75 Å². The van der Waals surface area contributed by atoms with Crippen LogP contribution in [0.15, 0.2) is 18.2 Å². The Hall–Kier alpha value is -1.63. The molecule has 1 N–H and O–H groups in total. The summed E-state index contributed by atoms with van der Waals surface area (Å²) in [5, 5.41) is 9.92. The number of aryl methyl sites for hydroxylation is 1. The largest absolute Gasteiger partial charge is 0.496 e. The van der Waals surface area contributed by atoms with Gasteiger partial charge in [-0.1, -0.05) is 11.6 Å². The average Bonchev–Trinajstić information content (AvgIpc) is 2.60. The minimum atomic E-state index is -0.482. The lowest BCUT2D eigenvalue weighted by Crippen LogP contribution is -2.50. The van der Waals surface area contributed by atoms with E-state index in [1.807, 2.05) is 36.9 Å². The third kappa shape index (κ3) is 4.93. The van der Waals surface area contributed by atoms with Crippen molar-refractivity contribution in [1.82, 2.24) is 9.80 Å². The van der Waals surface area contributed by atoms with Gasteiger partial charge in [-0.15, -0.1) is 0 Å². The number of rotatable bonds is 7. The Morgan fingerprint density at radius 2 is 2.00 bits per heavy atom. The number of hydrogen-bond donors (Lipinski definition) is 1. The molecule has 1 fully saturated rings. The third-order valence-corrected chi connectivity index (χ3v) is 4.23. The van der Waals surface area contributed by atoms with Crippen molar-refractivity contribution >= 4 is 5.91 Å². The average molecular weight is 336 g/mol. The molecule has 0 radical (unpaired) electrons. The Bertz CT molecular complexity index is 542. The molecule has 1 aromatic rings. The van der Waals surface area contributed by atoms with Crippen molar-refractivity contribution in [3.05, 3.63) is 29.3 Å². The number of hydrogen-bond acceptors (Lipinski definition) is 5. The first-order valence-corrected chi connectivity index (χ1v) is 8.47. The zero-order chi connectivity index (χ0) is 17.5. The summed E-state index contributed by atoms with van der Waals surface area (Å²) >= 11 is 0. The Kier molecular flexibility index (Phi) is 7.02. The fraction of sp³-hybridized carbons (Fsp3) is 0.611. The van der Waals surface area contributed by atoms with Gasteiger partial charge in [-0.05, 0) is 26.0 Å². The summed E-state index contributed by atoms with van der Waals surface area (Å²) in [6.07, 6.45) is -0.482. The van der Waals surface area contributed by atoms with Gasteiger partial charge in [-0.25, -0.2) is 0 Å². The van der Waals surface area contributed by atoms with Gasteiger partial charge < -0.3 is 19.5 Å². The van der Waals surface area contributed by atoms with Gasteiger partial charge in [0, 0.05) is 39.3 Å². The summed E-state index contributed by atoms with van der Waals surface area (Å²) in [7, 11) is 1.58. The van der Waals surface area contributed by atoms with E-state index in [0.29, 0.717) is 44.2 Å². The van der Waals surface area contributed by atoms with Crippen LogP contribution in [0.1, 0.15) is 22.8 Å². The van der Waals surface area contributed by atoms with Gasteiger partial charge in [0.15, 0.2) is 0 Å². The summed E-state index contributed by atoms with van der Waals surface area (Å²) < 4.78 is 10.6. The maximum absolute atomic E-state index is 12.8. The Morgan fingerprint density at radius 3 is 2.62 bits per heavy atom. The first kappa shape index (κ1) is 18.7. The molecule has 1 aromatic carbocycles. The molecule has 2 rings (SSSR count). The van der Waals surface area contributed by atoms with Crippen LogP contribution in [0.2, 0.25) is 0 Å². The summed E-state index contributed by atoms with van der Waals surface area (Å²) in [6.45, 7) is 8.23. The number of aliphatic hydroxyl groups is 1. The van der Waals surface area contributed by atoms with Gasteiger partial charge in [0.1, 0.15) is 5.75 Å². The van der Waals surface area contributed by atoms with Crippen LogP contribution >= 0.6 is 0 Å². The van der Waals surface area contributed by atoms with E-state index in [1.165, 1.54) is 0 Å². The Balaban J connectivity index is 1.90. The summed E-state index contributed by atoms with van der Waals surface area (Å²) in [5.74, 6) is 0.616. The molecule has 1 saturated heterocycles. The molecule has 1 atom stereocenters. The highest BCUT2D eigenvalue weighted by atomic mass is 16.5. The second-order valence-electron chi connectivity index (χ2n) is 6.11. The number of carbonyl (C=O) groups excluding carboxylic acids is 1. The highest BCUT2D eigenvalue weighted by Crippen LogP contribution is 2.22. The van der Waals surface area contributed by atoms with Crippen LogP contribution in [0.3, 0.4) is 0 Å². The molecule has 24 heavy (non-hydrogen) atoms. The first-order valence-electron chi connectivity index (χ1n) is 8.47. The molecule has 0 bridgehead atoms.